The number of carbonyl (C=O) groups is 1. The third-order valence-electron chi connectivity index (χ3n) is 2.56. The number of pyridine rings is 1. The number of hydrogen-bond donors (Lipinski definition) is 3. The van der Waals surface area contributed by atoms with Gasteiger partial charge in [0.05, 0.1) is 5.56 Å². The van der Waals surface area contributed by atoms with Gasteiger partial charge in [-0.25, -0.2) is 4.79 Å². The molecule has 106 valence electrons. The van der Waals surface area contributed by atoms with Gasteiger partial charge >= 0.3 is 5.97 Å². The lowest BCUT2D eigenvalue weighted by atomic mass is 10.0. The minimum Gasteiger partial charge on any atom is -0.494 e. The highest BCUT2D eigenvalue weighted by atomic mass is 16.4. The summed E-state index contributed by atoms with van der Waals surface area (Å²) in [5, 5.41) is 19.1. The van der Waals surface area contributed by atoms with Crippen LogP contribution in [0.2, 0.25) is 0 Å². The summed E-state index contributed by atoms with van der Waals surface area (Å²) in [6.45, 7) is 0.419. The van der Waals surface area contributed by atoms with Crippen LogP contribution in [-0.4, -0.2) is 59.2 Å². The van der Waals surface area contributed by atoms with E-state index in [2.05, 4.69) is 4.98 Å². The summed E-state index contributed by atoms with van der Waals surface area (Å²) in [4.78, 5) is 28.9. The number of carboxylic acids is 1. The van der Waals surface area contributed by atoms with Gasteiger partial charge in [0.25, 0.3) is 5.56 Å². The van der Waals surface area contributed by atoms with Gasteiger partial charge in [0.2, 0.25) is 0 Å². The van der Waals surface area contributed by atoms with Crippen molar-refractivity contribution >= 4 is 5.97 Å². The Morgan fingerprint density at radius 2 is 1.58 bits per heavy atom. The first kappa shape index (κ1) is 15.2. The third-order valence-corrected chi connectivity index (χ3v) is 2.56. The molecule has 0 atom stereocenters. The fraction of sp³-hybridized carbons (Fsp3) is 0.500. The molecular weight excluding hydrogens is 250 g/mol. The van der Waals surface area contributed by atoms with Crippen molar-refractivity contribution in [3.63, 3.8) is 0 Å². The topological polar surface area (TPSA) is 96.9 Å². The SMILES string of the molecule is CN(C)Cc1c(O)[nH]c(=O)c(CN(C)C)c1C(=O)O. The van der Waals surface area contributed by atoms with Crippen molar-refractivity contribution in [3.05, 3.63) is 27.0 Å². The zero-order valence-electron chi connectivity index (χ0n) is 11.5. The Morgan fingerprint density at radius 3 is 2.00 bits per heavy atom. The molecule has 1 aromatic rings. The third kappa shape index (κ3) is 3.55. The van der Waals surface area contributed by atoms with Crippen molar-refractivity contribution in [3.8, 4) is 5.88 Å². The van der Waals surface area contributed by atoms with Crippen molar-refractivity contribution in [2.24, 2.45) is 0 Å². The molecule has 7 nitrogen and oxygen atoms in total. The van der Waals surface area contributed by atoms with E-state index in [-0.39, 0.29) is 29.8 Å². The van der Waals surface area contributed by atoms with Crippen molar-refractivity contribution in [1.82, 2.24) is 14.8 Å². The summed E-state index contributed by atoms with van der Waals surface area (Å²) in [7, 11) is 6.98. The standard InChI is InChI=1S/C12H19N3O4/c1-14(2)5-7-9(12(18)19)8(6-15(3)4)11(17)13-10(7)16/h5-6H2,1-4H3,(H,18,19)(H2,13,16,17). The first-order chi connectivity index (χ1) is 8.73. The van der Waals surface area contributed by atoms with Crippen molar-refractivity contribution < 1.29 is 15.0 Å². The molecule has 0 saturated carbocycles. The zero-order valence-corrected chi connectivity index (χ0v) is 11.5. The molecule has 1 heterocycles. The lowest BCUT2D eigenvalue weighted by Crippen LogP contribution is -2.27. The van der Waals surface area contributed by atoms with E-state index in [4.69, 9.17) is 0 Å². The molecule has 1 rings (SSSR count). The minimum absolute atomic E-state index is 0.122. The molecule has 3 N–H and O–H groups in total. The molecule has 0 saturated heterocycles. The van der Waals surface area contributed by atoms with E-state index in [0.717, 1.165) is 0 Å². The maximum atomic E-state index is 11.8. The average molecular weight is 269 g/mol. The lowest BCUT2D eigenvalue weighted by Gasteiger charge is -2.17. The number of aromatic nitrogens is 1. The first-order valence-electron chi connectivity index (χ1n) is 5.73. The summed E-state index contributed by atoms with van der Waals surface area (Å²) in [6, 6.07) is 0. The lowest BCUT2D eigenvalue weighted by molar-refractivity contribution is 0.0691. The number of aromatic hydroxyl groups is 1. The van der Waals surface area contributed by atoms with E-state index in [0.29, 0.717) is 0 Å². The predicted octanol–water partition coefficient (Wildman–Crippen LogP) is -0.0981. The number of hydrogen-bond acceptors (Lipinski definition) is 5. The van der Waals surface area contributed by atoms with Gasteiger partial charge in [0.1, 0.15) is 0 Å². The Labute approximate surface area is 111 Å². The molecule has 0 aliphatic carbocycles. The summed E-state index contributed by atoms with van der Waals surface area (Å²) >= 11 is 0. The van der Waals surface area contributed by atoms with E-state index in [9.17, 15) is 19.8 Å². The Balaban J connectivity index is 3.53. The number of carboxylic acid groups (broad SMARTS) is 1. The van der Waals surface area contributed by atoms with Gasteiger partial charge in [-0.15, -0.1) is 0 Å². The van der Waals surface area contributed by atoms with Gasteiger partial charge in [-0.3, -0.25) is 9.78 Å². The zero-order chi connectivity index (χ0) is 14.7. The molecule has 0 spiro atoms. The molecule has 0 bridgehead atoms. The molecule has 0 unspecified atom stereocenters. The van der Waals surface area contributed by atoms with E-state index in [1.807, 2.05) is 0 Å². The summed E-state index contributed by atoms with van der Waals surface area (Å²) < 4.78 is 0. The molecule has 0 aromatic carbocycles. The number of rotatable bonds is 5. The van der Waals surface area contributed by atoms with Gasteiger partial charge in [0.15, 0.2) is 5.88 Å². The quantitative estimate of drug-likeness (QED) is 0.691. The van der Waals surface area contributed by atoms with Crippen LogP contribution in [0.4, 0.5) is 0 Å². The van der Waals surface area contributed by atoms with Gasteiger partial charge in [0, 0.05) is 24.2 Å². The van der Waals surface area contributed by atoms with E-state index in [1.165, 1.54) is 0 Å². The summed E-state index contributed by atoms with van der Waals surface area (Å²) in [5.41, 5.74) is -0.337. The molecule has 0 fully saturated rings. The second kappa shape index (κ2) is 5.85. The molecule has 1 aromatic heterocycles. The van der Waals surface area contributed by atoms with Crippen molar-refractivity contribution in [2.75, 3.05) is 28.2 Å². The Morgan fingerprint density at radius 1 is 1.11 bits per heavy atom. The van der Waals surface area contributed by atoms with Gasteiger partial charge in [-0.2, -0.15) is 0 Å². The summed E-state index contributed by atoms with van der Waals surface area (Å²) in [5.74, 6) is -1.60. The van der Waals surface area contributed by atoms with Crippen LogP contribution in [0.3, 0.4) is 0 Å². The van der Waals surface area contributed by atoms with Gasteiger partial charge in [-0.1, -0.05) is 0 Å². The van der Waals surface area contributed by atoms with Gasteiger partial charge < -0.3 is 20.0 Å². The maximum absolute atomic E-state index is 11.8. The number of aromatic amines is 1. The highest BCUT2D eigenvalue weighted by Crippen LogP contribution is 2.21. The van der Waals surface area contributed by atoms with Crippen LogP contribution in [0.1, 0.15) is 21.5 Å². The normalized spacial score (nSPS) is 11.3. The van der Waals surface area contributed by atoms with Crippen LogP contribution in [0.5, 0.6) is 5.88 Å². The number of nitrogens with zero attached hydrogens (tertiary/aromatic N) is 2. The van der Waals surface area contributed by atoms with Crippen LogP contribution in [0.15, 0.2) is 4.79 Å². The minimum atomic E-state index is -1.21. The fourth-order valence-corrected chi connectivity index (χ4v) is 1.87. The smallest absolute Gasteiger partial charge is 0.336 e. The second-order valence-electron chi connectivity index (χ2n) is 4.92. The molecule has 0 amide bonds. The monoisotopic (exact) mass is 269 g/mol. The molecule has 7 heteroatoms. The molecule has 0 aliphatic rings. The Bertz CT molecular complexity index is 535. The van der Waals surface area contributed by atoms with Crippen molar-refractivity contribution in [1.29, 1.82) is 0 Å². The molecule has 0 aliphatic heterocycles. The van der Waals surface area contributed by atoms with Crippen LogP contribution in [0, 0.1) is 0 Å². The second-order valence-corrected chi connectivity index (χ2v) is 4.92. The molecule has 19 heavy (non-hydrogen) atoms. The Hall–Kier alpha value is -1.86. The van der Waals surface area contributed by atoms with E-state index < -0.39 is 17.4 Å². The first-order valence-corrected chi connectivity index (χ1v) is 5.73. The van der Waals surface area contributed by atoms with Crippen LogP contribution in [-0.2, 0) is 13.1 Å². The van der Waals surface area contributed by atoms with Crippen LogP contribution in [0.25, 0.3) is 0 Å². The number of H-pyrrole nitrogens is 1. The van der Waals surface area contributed by atoms with Crippen molar-refractivity contribution in [2.45, 2.75) is 13.1 Å². The summed E-state index contributed by atoms with van der Waals surface area (Å²) in [6.07, 6.45) is 0. The maximum Gasteiger partial charge on any atom is 0.336 e. The Kier molecular flexibility index (Phi) is 4.68. The molecular formula is C12H19N3O4. The van der Waals surface area contributed by atoms with Crippen LogP contribution >= 0.6 is 0 Å². The molecule has 0 radical (unpaired) electrons. The predicted molar refractivity (Wildman–Crippen MR) is 70.5 cm³/mol. The highest BCUT2D eigenvalue weighted by Gasteiger charge is 2.23. The van der Waals surface area contributed by atoms with Gasteiger partial charge in [-0.05, 0) is 28.2 Å². The average Bonchev–Trinajstić information content (AvgIpc) is 2.23. The van der Waals surface area contributed by atoms with E-state index in [1.54, 1.807) is 38.0 Å². The largest absolute Gasteiger partial charge is 0.494 e. The fourth-order valence-electron chi connectivity index (χ4n) is 1.87. The highest BCUT2D eigenvalue weighted by molar-refractivity contribution is 5.91. The number of aromatic carboxylic acids is 1. The number of nitrogens with one attached hydrogen (secondary N) is 1. The van der Waals surface area contributed by atoms with E-state index >= 15 is 0 Å². The van der Waals surface area contributed by atoms with Crippen LogP contribution < -0.4 is 5.56 Å².